The van der Waals surface area contributed by atoms with Gasteiger partial charge >= 0.3 is 5.97 Å². The van der Waals surface area contributed by atoms with Crippen LogP contribution >= 0.6 is 0 Å². The molecule has 0 atom stereocenters. The van der Waals surface area contributed by atoms with Crippen LogP contribution in [0.3, 0.4) is 0 Å². The van der Waals surface area contributed by atoms with Crippen molar-refractivity contribution in [1.82, 2.24) is 0 Å². The molecule has 1 heterocycles. The van der Waals surface area contributed by atoms with E-state index in [1.807, 2.05) is 13.8 Å². The van der Waals surface area contributed by atoms with Gasteiger partial charge in [-0.2, -0.15) is 0 Å². The molecule has 4 nitrogen and oxygen atoms in total. The molecule has 1 aliphatic heterocycles. The maximum Gasteiger partial charge on any atom is 0.308 e. The SMILES string of the molecule is CCC1(COC(=O)C(C)C)COCOC1. The fourth-order valence-corrected chi connectivity index (χ4v) is 1.40. The lowest BCUT2D eigenvalue weighted by Crippen LogP contribution is -2.41. The van der Waals surface area contributed by atoms with Crippen LogP contribution in [-0.2, 0) is 19.0 Å². The Labute approximate surface area is 90.9 Å². The first-order chi connectivity index (χ1) is 7.09. The highest BCUT2D eigenvalue weighted by Gasteiger charge is 2.33. The molecule has 1 aliphatic rings. The van der Waals surface area contributed by atoms with Gasteiger partial charge in [0, 0.05) is 0 Å². The van der Waals surface area contributed by atoms with Crippen LogP contribution in [0, 0.1) is 11.3 Å². The van der Waals surface area contributed by atoms with E-state index in [-0.39, 0.29) is 17.3 Å². The molecule has 15 heavy (non-hydrogen) atoms. The first-order valence-corrected chi connectivity index (χ1v) is 5.42. The van der Waals surface area contributed by atoms with Gasteiger partial charge in [0.2, 0.25) is 0 Å². The van der Waals surface area contributed by atoms with Crippen molar-refractivity contribution in [1.29, 1.82) is 0 Å². The molecule has 0 aromatic heterocycles. The van der Waals surface area contributed by atoms with Crippen LogP contribution in [-0.4, -0.2) is 32.6 Å². The Kier molecular flexibility index (Phi) is 4.54. The third kappa shape index (κ3) is 3.47. The fourth-order valence-electron chi connectivity index (χ4n) is 1.40. The first-order valence-electron chi connectivity index (χ1n) is 5.42. The maximum atomic E-state index is 11.3. The Morgan fingerprint density at radius 1 is 1.40 bits per heavy atom. The maximum absolute atomic E-state index is 11.3. The van der Waals surface area contributed by atoms with Gasteiger partial charge in [-0.1, -0.05) is 20.8 Å². The van der Waals surface area contributed by atoms with Crippen LogP contribution in [0.4, 0.5) is 0 Å². The van der Waals surface area contributed by atoms with Crippen molar-refractivity contribution >= 4 is 5.97 Å². The molecule has 0 aliphatic carbocycles. The zero-order valence-electron chi connectivity index (χ0n) is 9.75. The topological polar surface area (TPSA) is 44.8 Å². The van der Waals surface area contributed by atoms with E-state index in [0.29, 0.717) is 26.6 Å². The predicted octanol–water partition coefficient (Wildman–Crippen LogP) is 1.59. The van der Waals surface area contributed by atoms with Crippen molar-refractivity contribution in [3.8, 4) is 0 Å². The van der Waals surface area contributed by atoms with Crippen molar-refractivity contribution in [2.45, 2.75) is 27.2 Å². The van der Waals surface area contributed by atoms with Gasteiger partial charge in [0.1, 0.15) is 13.4 Å². The van der Waals surface area contributed by atoms with E-state index in [2.05, 4.69) is 6.92 Å². The molecular weight excluding hydrogens is 196 g/mol. The van der Waals surface area contributed by atoms with Gasteiger partial charge in [0.05, 0.1) is 24.5 Å². The summed E-state index contributed by atoms with van der Waals surface area (Å²) >= 11 is 0. The van der Waals surface area contributed by atoms with Gasteiger partial charge in [-0.25, -0.2) is 0 Å². The fraction of sp³-hybridized carbons (Fsp3) is 0.909. The lowest BCUT2D eigenvalue weighted by Gasteiger charge is -2.35. The summed E-state index contributed by atoms with van der Waals surface area (Å²) < 4.78 is 15.7. The molecule has 0 unspecified atom stereocenters. The van der Waals surface area contributed by atoms with Gasteiger partial charge in [0.15, 0.2) is 0 Å². The minimum absolute atomic E-state index is 0.0793. The predicted molar refractivity (Wildman–Crippen MR) is 55.3 cm³/mol. The van der Waals surface area contributed by atoms with Crippen LogP contribution in [0.15, 0.2) is 0 Å². The molecule has 0 N–H and O–H groups in total. The van der Waals surface area contributed by atoms with Gasteiger partial charge in [-0.3, -0.25) is 4.79 Å². The van der Waals surface area contributed by atoms with Gasteiger partial charge < -0.3 is 14.2 Å². The van der Waals surface area contributed by atoms with Gasteiger partial charge in [-0.05, 0) is 6.42 Å². The van der Waals surface area contributed by atoms with E-state index in [4.69, 9.17) is 14.2 Å². The Morgan fingerprint density at radius 2 is 2.00 bits per heavy atom. The van der Waals surface area contributed by atoms with Crippen molar-refractivity contribution in [3.05, 3.63) is 0 Å². The van der Waals surface area contributed by atoms with Crippen LogP contribution in [0.2, 0.25) is 0 Å². The second-order valence-electron chi connectivity index (χ2n) is 4.43. The highest BCUT2D eigenvalue weighted by molar-refractivity contribution is 5.71. The Bertz CT molecular complexity index is 207. The normalized spacial score (nSPS) is 20.3. The van der Waals surface area contributed by atoms with Crippen LogP contribution < -0.4 is 0 Å². The number of esters is 1. The Hall–Kier alpha value is -0.610. The lowest BCUT2D eigenvalue weighted by atomic mass is 9.87. The quantitative estimate of drug-likeness (QED) is 0.669. The standard InChI is InChI=1S/C11H20O4/c1-4-11(5-13-8-14-6-11)7-15-10(12)9(2)3/h9H,4-8H2,1-3H3. The summed E-state index contributed by atoms with van der Waals surface area (Å²) in [5.74, 6) is -0.238. The third-order valence-electron chi connectivity index (χ3n) is 2.73. The van der Waals surface area contributed by atoms with E-state index >= 15 is 0 Å². The smallest absolute Gasteiger partial charge is 0.308 e. The van der Waals surface area contributed by atoms with E-state index in [9.17, 15) is 4.79 Å². The van der Waals surface area contributed by atoms with Gasteiger partial charge in [-0.15, -0.1) is 0 Å². The molecule has 0 spiro atoms. The number of hydrogen-bond donors (Lipinski definition) is 0. The third-order valence-corrected chi connectivity index (χ3v) is 2.73. The highest BCUT2D eigenvalue weighted by atomic mass is 16.7. The molecular formula is C11H20O4. The van der Waals surface area contributed by atoms with Crippen molar-refractivity contribution in [2.75, 3.05) is 26.6 Å². The van der Waals surface area contributed by atoms with Crippen LogP contribution in [0.5, 0.6) is 0 Å². The second kappa shape index (κ2) is 5.47. The molecule has 0 saturated carbocycles. The summed E-state index contributed by atoms with van der Waals surface area (Å²) in [4.78, 5) is 11.3. The summed E-state index contributed by atoms with van der Waals surface area (Å²) in [6.45, 7) is 7.66. The van der Waals surface area contributed by atoms with Crippen molar-refractivity contribution in [3.63, 3.8) is 0 Å². The second-order valence-corrected chi connectivity index (χ2v) is 4.43. The van der Waals surface area contributed by atoms with Gasteiger partial charge in [0.25, 0.3) is 0 Å². The van der Waals surface area contributed by atoms with E-state index < -0.39 is 0 Å². The Morgan fingerprint density at radius 3 is 2.47 bits per heavy atom. The molecule has 0 amide bonds. The average Bonchev–Trinajstić information content (AvgIpc) is 2.27. The number of carbonyl (C=O) groups excluding carboxylic acids is 1. The molecule has 0 aromatic carbocycles. The lowest BCUT2D eigenvalue weighted by molar-refractivity contribution is -0.188. The van der Waals surface area contributed by atoms with Crippen LogP contribution in [0.1, 0.15) is 27.2 Å². The monoisotopic (exact) mass is 216 g/mol. The van der Waals surface area contributed by atoms with Crippen LogP contribution in [0.25, 0.3) is 0 Å². The average molecular weight is 216 g/mol. The molecule has 4 heteroatoms. The summed E-state index contributed by atoms with van der Waals surface area (Å²) in [5.41, 5.74) is -0.150. The molecule has 0 bridgehead atoms. The van der Waals surface area contributed by atoms with E-state index in [1.165, 1.54) is 0 Å². The summed E-state index contributed by atoms with van der Waals surface area (Å²) in [6, 6.07) is 0. The number of rotatable bonds is 4. The number of carbonyl (C=O) groups is 1. The molecule has 88 valence electrons. The molecule has 1 saturated heterocycles. The molecule has 1 rings (SSSR count). The minimum Gasteiger partial charge on any atom is -0.465 e. The number of hydrogen-bond acceptors (Lipinski definition) is 4. The van der Waals surface area contributed by atoms with E-state index in [0.717, 1.165) is 6.42 Å². The largest absolute Gasteiger partial charge is 0.465 e. The molecule has 1 fully saturated rings. The molecule has 0 aromatic rings. The summed E-state index contributed by atoms with van der Waals surface area (Å²) in [5, 5.41) is 0. The first kappa shape index (κ1) is 12.5. The highest BCUT2D eigenvalue weighted by Crippen LogP contribution is 2.26. The molecule has 0 radical (unpaired) electrons. The van der Waals surface area contributed by atoms with E-state index in [1.54, 1.807) is 0 Å². The summed E-state index contributed by atoms with van der Waals surface area (Å²) in [7, 11) is 0. The zero-order chi connectivity index (χ0) is 11.3. The summed E-state index contributed by atoms with van der Waals surface area (Å²) in [6.07, 6.45) is 0.887. The Balaban J connectivity index is 2.42. The van der Waals surface area contributed by atoms with Crippen molar-refractivity contribution in [2.24, 2.45) is 11.3 Å². The zero-order valence-corrected chi connectivity index (χ0v) is 9.75. The minimum atomic E-state index is -0.159. The van der Waals surface area contributed by atoms with Crippen molar-refractivity contribution < 1.29 is 19.0 Å². The number of ether oxygens (including phenoxy) is 3.